The van der Waals surface area contributed by atoms with Crippen molar-refractivity contribution in [2.75, 3.05) is 13.2 Å². The predicted octanol–water partition coefficient (Wildman–Crippen LogP) is 3.79. The van der Waals surface area contributed by atoms with Crippen LogP contribution in [0.15, 0.2) is 42.5 Å². The first-order valence-electron chi connectivity index (χ1n) is 10.2. The number of aliphatic carboxylic acids is 1. The molecule has 0 radical (unpaired) electrons. The maximum Gasteiger partial charge on any atom is 0.341 e. The van der Waals surface area contributed by atoms with Gasteiger partial charge in [-0.1, -0.05) is 23.7 Å². The minimum Gasteiger partial charge on any atom is -0.481 e. The molecule has 32 heavy (non-hydrogen) atoms. The lowest BCUT2D eigenvalue weighted by atomic mass is 9.81. The lowest BCUT2D eigenvalue weighted by Gasteiger charge is -2.43. The van der Waals surface area contributed by atoms with Crippen molar-refractivity contribution in [3.05, 3.63) is 64.4 Å². The maximum atomic E-state index is 13.9. The lowest BCUT2D eigenvalue weighted by Crippen LogP contribution is -2.51. The van der Waals surface area contributed by atoms with Crippen LogP contribution in [0.4, 0.5) is 4.39 Å². The summed E-state index contributed by atoms with van der Waals surface area (Å²) < 4.78 is 25.5. The van der Waals surface area contributed by atoms with Gasteiger partial charge in [0.25, 0.3) is 0 Å². The van der Waals surface area contributed by atoms with Crippen molar-refractivity contribution in [3.8, 4) is 5.75 Å². The van der Waals surface area contributed by atoms with Gasteiger partial charge in [0, 0.05) is 41.5 Å². The fourth-order valence-corrected chi connectivity index (χ4v) is 4.12. The first-order valence-corrected chi connectivity index (χ1v) is 10.5. The van der Waals surface area contributed by atoms with Crippen LogP contribution >= 0.6 is 11.6 Å². The van der Waals surface area contributed by atoms with E-state index in [0.29, 0.717) is 23.4 Å². The second kappa shape index (κ2) is 10.3. The Morgan fingerprint density at radius 1 is 1.25 bits per heavy atom. The predicted molar refractivity (Wildman–Crippen MR) is 115 cm³/mol. The molecule has 3 N–H and O–H groups in total. The Hall–Kier alpha value is -2.68. The number of hydrogen-bond acceptors (Lipinski definition) is 5. The van der Waals surface area contributed by atoms with Crippen molar-refractivity contribution in [1.82, 2.24) is 5.32 Å². The van der Waals surface area contributed by atoms with Gasteiger partial charge in [0.1, 0.15) is 11.6 Å². The second-order valence-corrected chi connectivity index (χ2v) is 8.46. The number of ether oxygens (including phenoxy) is 2. The van der Waals surface area contributed by atoms with E-state index >= 15 is 0 Å². The summed E-state index contributed by atoms with van der Waals surface area (Å²) in [4.78, 5) is 23.2. The van der Waals surface area contributed by atoms with Gasteiger partial charge in [-0.15, -0.1) is 0 Å². The quantitative estimate of drug-likeness (QED) is 0.547. The third kappa shape index (κ3) is 6.18. The van der Waals surface area contributed by atoms with Crippen LogP contribution in [-0.2, 0) is 14.3 Å². The van der Waals surface area contributed by atoms with Gasteiger partial charge < -0.3 is 25.0 Å². The highest BCUT2D eigenvalue weighted by Gasteiger charge is 2.41. The standard InChI is InChI=1S/C23H25ClFNO6/c1-23(26-21(28)7-8-27)11-19(14-3-2-4-15(24)9-14)32-20(12-23)17-6-5-16(25)10-18(17)31-13-22(29)30/h2-6,9-10,19-20,27H,7-8,11-13H2,1H3,(H,26,28)(H,29,30)/t19-,20+,23+/m0/s1. The molecule has 2 aromatic rings. The normalized spacial score (nSPS) is 22.9. The Kier molecular flexibility index (Phi) is 7.71. The number of carbonyl (C=O) groups is 2. The summed E-state index contributed by atoms with van der Waals surface area (Å²) in [5, 5.41) is 21.6. The molecule has 1 saturated heterocycles. The molecule has 0 spiro atoms. The molecule has 1 heterocycles. The molecule has 0 aliphatic carbocycles. The third-order valence-corrected chi connectivity index (χ3v) is 5.51. The van der Waals surface area contributed by atoms with Crippen molar-refractivity contribution in [1.29, 1.82) is 0 Å². The molecule has 172 valence electrons. The largest absolute Gasteiger partial charge is 0.481 e. The van der Waals surface area contributed by atoms with Gasteiger partial charge in [-0.3, -0.25) is 4.79 Å². The van der Waals surface area contributed by atoms with E-state index in [2.05, 4.69) is 5.32 Å². The third-order valence-electron chi connectivity index (χ3n) is 5.27. The van der Waals surface area contributed by atoms with Crippen molar-refractivity contribution in [2.45, 2.75) is 43.9 Å². The fraction of sp³-hybridized carbons (Fsp3) is 0.391. The van der Waals surface area contributed by atoms with E-state index in [1.54, 1.807) is 18.2 Å². The Bertz CT molecular complexity index is 987. The van der Waals surface area contributed by atoms with Gasteiger partial charge in [0.05, 0.1) is 18.8 Å². The van der Waals surface area contributed by atoms with Crippen LogP contribution in [0.5, 0.6) is 5.75 Å². The van der Waals surface area contributed by atoms with E-state index in [1.165, 1.54) is 12.1 Å². The highest BCUT2D eigenvalue weighted by molar-refractivity contribution is 6.30. The minimum absolute atomic E-state index is 0.0353. The van der Waals surface area contributed by atoms with E-state index < -0.39 is 36.1 Å². The molecule has 0 unspecified atom stereocenters. The number of amides is 1. The summed E-state index contributed by atoms with van der Waals surface area (Å²) in [5.74, 6) is -2.01. The zero-order valence-electron chi connectivity index (χ0n) is 17.5. The van der Waals surface area contributed by atoms with Crippen LogP contribution in [-0.4, -0.2) is 40.8 Å². The number of halogens is 2. The van der Waals surface area contributed by atoms with Crippen LogP contribution in [0, 0.1) is 5.82 Å². The molecule has 2 aromatic carbocycles. The molecule has 0 saturated carbocycles. The average molecular weight is 466 g/mol. The average Bonchev–Trinajstić information content (AvgIpc) is 2.71. The summed E-state index contributed by atoms with van der Waals surface area (Å²) in [6.07, 6.45) is -0.350. The first-order chi connectivity index (χ1) is 15.2. The van der Waals surface area contributed by atoms with E-state index in [1.807, 2.05) is 13.0 Å². The van der Waals surface area contributed by atoms with Crippen LogP contribution in [0.3, 0.4) is 0 Å². The van der Waals surface area contributed by atoms with E-state index in [9.17, 15) is 14.0 Å². The summed E-state index contributed by atoms with van der Waals surface area (Å²) in [7, 11) is 0. The molecule has 0 aromatic heterocycles. The number of carboxylic acids is 1. The Balaban J connectivity index is 1.97. The van der Waals surface area contributed by atoms with Crippen LogP contribution < -0.4 is 10.1 Å². The van der Waals surface area contributed by atoms with Gasteiger partial charge >= 0.3 is 5.97 Å². The Morgan fingerprint density at radius 3 is 2.69 bits per heavy atom. The fourth-order valence-electron chi connectivity index (χ4n) is 3.92. The molecule has 1 aliphatic heterocycles. The number of rotatable bonds is 8. The Labute approximate surface area is 190 Å². The summed E-state index contributed by atoms with van der Waals surface area (Å²) >= 11 is 6.16. The van der Waals surface area contributed by atoms with Gasteiger partial charge in [0.15, 0.2) is 6.61 Å². The SMILES string of the molecule is C[C@@]1(NC(=O)CCO)C[C@@H](c2cccc(Cl)c2)O[C@@H](c2ccc(F)cc2OCC(=O)O)C1. The summed E-state index contributed by atoms with van der Waals surface area (Å²) in [6, 6.07) is 11.0. The highest BCUT2D eigenvalue weighted by Crippen LogP contribution is 2.46. The molecular formula is C23H25ClFNO6. The molecule has 3 rings (SSSR count). The molecule has 1 aliphatic rings. The number of aliphatic hydroxyl groups excluding tert-OH is 1. The molecule has 3 atom stereocenters. The second-order valence-electron chi connectivity index (χ2n) is 8.02. The minimum atomic E-state index is -1.19. The number of benzene rings is 2. The lowest BCUT2D eigenvalue weighted by molar-refractivity contribution is -0.139. The molecular weight excluding hydrogens is 441 g/mol. The maximum absolute atomic E-state index is 13.9. The van der Waals surface area contributed by atoms with E-state index in [4.69, 9.17) is 31.3 Å². The summed E-state index contributed by atoms with van der Waals surface area (Å²) in [5.41, 5.74) is 0.558. The van der Waals surface area contributed by atoms with Crippen LogP contribution in [0.1, 0.15) is 49.5 Å². The monoisotopic (exact) mass is 465 g/mol. The molecule has 9 heteroatoms. The van der Waals surface area contributed by atoms with Crippen LogP contribution in [0.2, 0.25) is 5.02 Å². The van der Waals surface area contributed by atoms with Gasteiger partial charge in [-0.05, 0) is 36.8 Å². The number of carbonyl (C=O) groups excluding carboxylic acids is 1. The molecule has 1 amide bonds. The number of aliphatic hydroxyl groups is 1. The summed E-state index contributed by atoms with van der Waals surface area (Å²) in [6.45, 7) is 0.965. The molecule has 0 bridgehead atoms. The Morgan fingerprint density at radius 2 is 2.00 bits per heavy atom. The zero-order chi connectivity index (χ0) is 23.3. The number of nitrogens with one attached hydrogen (secondary N) is 1. The van der Waals surface area contributed by atoms with Crippen molar-refractivity contribution in [3.63, 3.8) is 0 Å². The van der Waals surface area contributed by atoms with Crippen LogP contribution in [0.25, 0.3) is 0 Å². The first kappa shape index (κ1) is 24.0. The molecule has 1 fully saturated rings. The van der Waals surface area contributed by atoms with E-state index in [-0.39, 0.29) is 24.7 Å². The number of hydrogen-bond donors (Lipinski definition) is 3. The van der Waals surface area contributed by atoms with Crippen molar-refractivity contribution < 1.29 is 33.7 Å². The molecule has 7 nitrogen and oxygen atoms in total. The van der Waals surface area contributed by atoms with Crippen molar-refractivity contribution >= 4 is 23.5 Å². The van der Waals surface area contributed by atoms with Crippen molar-refractivity contribution in [2.24, 2.45) is 0 Å². The van der Waals surface area contributed by atoms with Gasteiger partial charge in [-0.25, -0.2) is 9.18 Å². The topological polar surface area (TPSA) is 105 Å². The van der Waals surface area contributed by atoms with E-state index in [0.717, 1.165) is 11.6 Å². The van der Waals surface area contributed by atoms with Gasteiger partial charge in [0.2, 0.25) is 5.91 Å². The smallest absolute Gasteiger partial charge is 0.341 e. The van der Waals surface area contributed by atoms with Gasteiger partial charge in [-0.2, -0.15) is 0 Å². The number of carboxylic acid groups (broad SMARTS) is 1. The highest BCUT2D eigenvalue weighted by atomic mass is 35.5. The zero-order valence-corrected chi connectivity index (χ0v) is 18.3.